The SMILES string of the molecule is Cc1ccc(-c2nc(CSc3nncn3-c3ccccc3)no2)cc1. The van der Waals surface area contributed by atoms with Crippen LogP contribution in [0.5, 0.6) is 0 Å². The van der Waals surface area contributed by atoms with Gasteiger partial charge in [-0.1, -0.05) is 52.8 Å². The zero-order valence-electron chi connectivity index (χ0n) is 13.5. The van der Waals surface area contributed by atoms with Crippen LogP contribution in [0.25, 0.3) is 17.1 Å². The Kier molecular flexibility index (Phi) is 4.30. The van der Waals surface area contributed by atoms with Gasteiger partial charge in [-0.2, -0.15) is 4.98 Å². The van der Waals surface area contributed by atoms with Crippen LogP contribution < -0.4 is 0 Å². The molecule has 0 bridgehead atoms. The van der Waals surface area contributed by atoms with E-state index in [0.717, 1.165) is 16.4 Å². The Morgan fingerprint density at radius 3 is 2.64 bits per heavy atom. The summed E-state index contributed by atoms with van der Waals surface area (Å²) in [6.45, 7) is 2.04. The first-order valence-corrected chi connectivity index (χ1v) is 8.76. The number of benzene rings is 2. The van der Waals surface area contributed by atoms with Crippen LogP contribution in [0.3, 0.4) is 0 Å². The largest absolute Gasteiger partial charge is 0.334 e. The molecule has 0 N–H and O–H groups in total. The van der Waals surface area contributed by atoms with Crippen molar-refractivity contribution in [2.75, 3.05) is 0 Å². The average Bonchev–Trinajstić information content (AvgIpc) is 3.31. The van der Waals surface area contributed by atoms with Crippen molar-refractivity contribution >= 4 is 11.8 Å². The van der Waals surface area contributed by atoms with Crippen molar-refractivity contribution in [2.24, 2.45) is 0 Å². The predicted molar refractivity (Wildman–Crippen MR) is 95.4 cm³/mol. The molecule has 0 saturated carbocycles. The van der Waals surface area contributed by atoms with Crippen molar-refractivity contribution in [1.82, 2.24) is 24.9 Å². The van der Waals surface area contributed by atoms with E-state index in [-0.39, 0.29) is 0 Å². The minimum absolute atomic E-state index is 0.528. The summed E-state index contributed by atoms with van der Waals surface area (Å²) in [6, 6.07) is 18.0. The Balaban J connectivity index is 1.48. The molecule has 0 aliphatic heterocycles. The average molecular weight is 349 g/mol. The highest BCUT2D eigenvalue weighted by Crippen LogP contribution is 2.24. The molecule has 7 heteroatoms. The maximum Gasteiger partial charge on any atom is 0.257 e. The van der Waals surface area contributed by atoms with E-state index in [1.165, 1.54) is 17.3 Å². The number of rotatable bonds is 5. The smallest absolute Gasteiger partial charge is 0.257 e. The fraction of sp³-hybridized carbons (Fsp3) is 0.111. The highest BCUT2D eigenvalue weighted by atomic mass is 32.2. The molecule has 0 unspecified atom stereocenters. The van der Waals surface area contributed by atoms with E-state index in [1.54, 1.807) is 6.33 Å². The monoisotopic (exact) mass is 349 g/mol. The molecule has 0 atom stereocenters. The molecule has 0 amide bonds. The van der Waals surface area contributed by atoms with Gasteiger partial charge in [0, 0.05) is 11.3 Å². The third kappa shape index (κ3) is 3.46. The standard InChI is InChI=1S/C18H15N5OS/c1-13-7-9-14(10-8-13)17-20-16(22-24-17)11-25-18-21-19-12-23(18)15-5-3-2-4-6-15/h2-10,12H,11H2,1H3. The quantitative estimate of drug-likeness (QED) is 0.509. The summed E-state index contributed by atoms with van der Waals surface area (Å²) in [5, 5.41) is 13.0. The minimum Gasteiger partial charge on any atom is -0.334 e. The summed E-state index contributed by atoms with van der Waals surface area (Å²) in [4.78, 5) is 4.46. The maximum absolute atomic E-state index is 5.36. The van der Waals surface area contributed by atoms with Crippen LogP contribution in [-0.4, -0.2) is 24.9 Å². The van der Waals surface area contributed by atoms with Gasteiger partial charge in [-0.15, -0.1) is 10.2 Å². The van der Waals surface area contributed by atoms with Crippen molar-refractivity contribution in [3.05, 3.63) is 72.3 Å². The lowest BCUT2D eigenvalue weighted by molar-refractivity contribution is 0.425. The fourth-order valence-corrected chi connectivity index (χ4v) is 3.12. The van der Waals surface area contributed by atoms with Gasteiger partial charge in [0.15, 0.2) is 11.0 Å². The van der Waals surface area contributed by atoms with E-state index in [0.29, 0.717) is 17.5 Å². The number of aromatic nitrogens is 5. The van der Waals surface area contributed by atoms with Crippen LogP contribution in [0.1, 0.15) is 11.4 Å². The van der Waals surface area contributed by atoms with Crippen LogP contribution in [0, 0.1) is 6.92 Å². The van der Waals surface area contributed by atoms with Gasteiger partial charge in [-0.3, -0.25) is 4.57 Å². The molecule has 4 aromatic rings. The molecule has 0 aliphatic rings. The molecule has 25 heavy (non-hydrogen) atoms. The van der Waals surface area contributed by atoms with Crippen molar-refractivity contribution < 1.29 is 4.52 Å². The van der Waals surface area contributed by atoms with Gasteiger partial charge in [0.25, 0.3) is 5.89 Å². The second-order valence-electron chi connectivity index (χ2n) is 5.49. The van der Waals surface area contributed by atoms with Crippen LogP contribution in [-0.2, 0) is 5.75 Å². The molecule has 0 radical (unpaired) electrons. The lowest BCUT2D eigenvalue weighted by atomic mass is 10.1. The number of para-hydroxylation sites is 1. The number of hydrogen-bond acceptors (Lipinski definition) is 6. The van der Waals surface area contributed by atoms with Gasteiger partial charge in [-0.05, 0) is 31.2 Å². The van der Waals surface area contributed by atoms with Crippen molar-refractivity contribution in [3.63, 3.8) is 0 Å². The van der Waals surface area contributed by atoms with Gasteiger partial charge >= 0.3 is 0 Å². The Hall–Kier alpha value is -2.93. The molecule has 0 saturated heterocycles. The number of hydrogen-bond donors (Lipinski definition) is 0. The molecular formula is C18H15N5OS. The highest BCUT2D eigenvalue weighted by molar-refractivity contribution is 7.98. The van der Waals surface area contributed by atoms with E-state index in [1.807, 2.05) is 66.1 Å². The van der Waals surface area contributed by atoms with E-state index in [9.17, 15) is 0 Å². The molecule has 6 nitrogen and oxygen atoms in total. The molecule has 0 spiro atoms. The molecule has 2 aromatic carbocycles. The third-order valence-corrected chi connectivity index (χ3v) is 4.59. The first-order valence-electron chi connectivity index (χ1n) is 7.77. The number of aryl methyl sites for hydroxylation is 1. The summed E-state index contributed by atoms with van der Waals surface area (Å²) < 4.78 is 7.29. The van der Waals surface area contributed by atoms with Crippen LogP contribution in [0.15, 0.2) is 70.6 Å². The van der Waals surface area contributed by atoms with Gasteiger partial charge in [0.1, 0.15) is 6.33 Å². The Bertz CT molecular complexity index is 963. The topological polar surface area (TPSA) is 69.6 Å². The van der Waals surface area contributed by atoms with E-state index >= 15 is 0 Å². The molecule has 0 aliphatic carbocycles. The predicted octanol–water partition coefficient (Wildman–Crippen LogP) is 3.92. The maximum atomic E-state index is 5.36. The van der Waals surface area contributed by atoms with Crippen LogP contribution >= 0.6 is 11.8 Å². The second-order valence-corrected chi connectivity index (χ2v) is 6.43. The second kappa shape index (κ2) is 6.90. The number of nitrogens with zero attached hydrogens (tertiary/aromatic N) is 5. The van der Waals surface area contributed by atoms with Gasteiger partial charge in [-0.25, -0.2) is 0 Å². The third-order valence-electron chi connectivity index (χ3n) is 3.65. The van der Waals surface area contributed by atoms with Crippen molar-refractivity contribution in [2.45, 2.75) is 17.8 Å². The van der Waals surface area contributed by atoms with Crippen molar-refractivity contribution in [1.29, 1.82) is 0 Å². The Morgan fingerprint density at radius 2 is 1.84 bits per heavy atom. The first-order chi connectivity index (χ1) is 12.3. The normalized spacial score (nSPS) is 10.9. The van der Waals surface area contributed by atoms with Gasteiger partial charge in [0.05, 0.1) is 5.75 Å². The number of thioether (sulfide) groups is 1. The van der Waals surface area contributed by atoms with Gasteiger partial charge in [0.2, 0.25) is 0 Å². The van der Waals surface area contributed by atoms with Gasteiger partial charge < -0.3 is 4.52 Å². The molecule has 4 rings (SSSR count). The summed E-state index contributed by atoms with van der Waals surface area (Å²) in [5.74, 6) is 1.71. The Morgan fingerprint density at radius 1 is 1.04 bits per heavy atom. The fourth-order valence-electron chi connectivity index (χ4n) is 2.34. The summed E-state index contributed by atoms with van der Waals surface area (Å²) in [7, 11) is 0. The Labute approximate surface area is 148 Å². The van der Waals surface area contributed by atoms with Crippen LogP contribution in [0.2, 0.25) is 0 Å². The van der Waals surface area contributed by atoms with Crippen LogP contribution in [0.4, 0.5) is 0 Å². The van der Waals surface area contributed by atoms with E-state index in [2.05, 4.69) is 20.3 Å². The molecular weight excluding hydrogens is 334 g/mol. The molecule has 2 aromatic heterocycles. The zero-order valence-corrected chi connectivity index (χ0v) is 14.3. The molecule has 124 valence electrons. The first kappa shape index (κ1) is 15.6. The highest BCUT2D eigenvalue weighted by Gasteiger charge is 2.12. The lowest BCUT2D eigenvalue weighted by Gasteiger charge is -2.04. The summed E-state index contributed by atoms with van der Waals surface area (Å²) in [6.07, 6.45) is 1.70. The summed E-state index contributed by atoms with van der Waals surface area (Å²) >= 11 is 1.52. The van der Waals surface area contributed by atoms with E-state index < -0.39 is 0 Å². The summed E-state index contributed by atoms with van der Waals surface area (Å²) in [5.41, 5.74) is 3.13. The lowest BCUT2D eigenvalue weighted by Crippen LogP contribution is -1.95. The molecule has 2 heterocycles. The minimum atomic E-state index is 0.528. The van der Waals surface area contributed by atoms with E-state index in [4.69, 9.17) is 4.52 Å². The van der Waals surface area contributed by atoms with Crippen molar-refractivity contribution in [3.8, 4) is 17.1 Å². The molecule has 0 fully saturated rings. The zero-order chi connectivity index (χ0) is 17.1.